The first-order valence-electron chi connectivity index (χ1n) is 5.96. The summed E-state index contributed by atoms with van der Waals surface area (Å²) in [6, 6.07) is 2.96. The van der Waals surface area contributed by atoms with E-state index in [1.165, 1.54) is 6.07 Å². The summed E-state index contributed by atoms with van der Waals surface area (Å²) in [5.74, 6) is 0. The standard InChI is InChI=1S/C12H13F3N2O3/c1-20-9-4-8(5-9)16-7-2-3-11(17(18)19)10(6-7)12(13,14)15/h2-3,6,8-9,16H,4-5H2,1H3. The van der Waals surface area contributed by atoms with Crippen molar-refractivity contribution in [3.8, 4) is 0 Å². The van der Waals surface area contributed by atoms with Gasteiger partial charge in [-0.05, 0) is 25.0 Å². The van der Waals surface area contributed by atoms with Crippen molar-refractivity contribution in [2.45, 2.75) is 31.2 Å². The van der Waals surface area contributed by atoms with Gasteiger partial charge in [-0.3, -0.25) is 10.1 Å². The Morgan fingerprint density at radius 3 is 2.55 bits per heavy atom. The molecular weight excluding hydrogens is 277 g/mol. The SMILES string of the molecule is COC1CC(Nc2ccc([N+](=O)[O-])c(C(F)(F)F)c2)C1. The van der Waals surface area contributed by atoms with E-state index in [9.17, 15) is 23.3 Å². The van der Waals surface area contributed by atoms with Crippen LogP contribution in [0.5, 0.6) is 0 Å². The Bertz CT molecular complexity index is 513. The minimum atomic E-state index is -4.76. The molecule has 1 fully saturated rings. The van der Waals surface area contributed by atoms with Crippen molar-refractivity contribution in [2.24, 2.45) is 0 Å². The number of hydrogen-bond donors (Lipinski definition) is 1. The van der Waals surface area contributed by atoms with Crippen molar-refractivity contribution < 1.29 is 22.8 Å². The van der Waals surface area contributed by atoms with E-state index in [1.807, 2.05) is 0 Å². The lowest BCUT2D eigenvalue weighted by Crippen LogP contribution is -2.40. The van der Waals surface area contributed by atoms with Crippen LogP contribution in [0.2, 0.25) is 0 Å². The molecule has 0 amide bonds. The molecule has 1 aliphatic rings. The maximum Gasteiger partial charge on any atom is 0.423 e. The number of hydrogen-bond acceptors (Lipinski definition) is 4. The van der Waals surface area contributed by atoms with E-state index in [2.05, 4.69) is 5.32 Å². The van der Waals surface area contributed by atoms with Crippen LogP contribution in [-0.4, -0.2) is 24.2 Å². The second-order valence-electron chi connectivity index (χ2n) is 4.66. The Balaban J connectivity index is 2.18. The molecule has 0 aliphatic heterocycles. The number of nitrogens with one attached hydrogen (secondary N) is 1. The Morgan fingerprint density at radius 2 is 2.05 bits per heavy atom. The zero-order valence-electron chi connectivity index (χ0n) is 10.6. The first-order chi connectivity index (χ1) is 9.31. The lowest BCUT2D eigenvalue weighted by Gasteiger charge is -2.35. The maximum absolute atomic E-state index is 12.8. The number of alkyl halides is 3. The first kappa shape index (κ1) is 14.6. The van der Waals surface area contributed by atoms with Crippen LogP contribution in [0, 0.1) is 10.1 Å². The fourth-order valence-corrected chi connectivity index (χ4v) is 2.12. The molecule has 5 nitrogen and oxygen atoms in total. The molecule has 0 bridgehead atoms. The quantitative estimate of drug-likeness (QED) is 0.683. The van der Waals surface area contributed by atoms with E-state index in [4.69, 9.17) is 4.74 Å². The third-order valence-corrected chi connectivity index (χ3v) is 3.30. The van der Waals surface area contributed by atoms with Gasteiger partial charge in [0.15, 0.2) is 0 Å². The van der Waals surface area contributed by atoms with E-state index in [-0.39, 0.29) is 17.8 Å². The summed E-state index contributed by atoms with van der Waals surface area (Å²) in [6.07, 6.45) is -3.23. The lowest BCUT2D eigenvalue weighted by atomic mass is 9.89. The second-order valence-corrected chi connectivity index (χ2v) is 4.66. The van der Waals surface area contributed by atoms with Crippen LogP contribution in [-0.2, 0) is 10.9 Å². The van der Waals surface area contributed by atoms with Gasteiger partial charge in [0, 0.05) is 24.9 Å². The van der Waals surface area contributed by atoms with E-state index >= 15 is 0 Å². The predicted molar refractivity (Wildman–Crippen MR) is 65.5 cm³/mol. The topological polar surface area (TPSA) is 64.4 Å². The summed E-state index contributed by atoms with van der Waals surface area (Å²) in [5.41, 5.74) is -1.95. The van der Waals surface area contributed by atoms with Crippen LogP contribution in [0.15, 0.2) is 18.2 Å². The smallest absolute Gasteiger partial charge is 0.382 e. The normalized spacial score (nSPS) is 22.2. The minimum absolute atomic E-state index is 0.0301. The lowest BCUT2D eigenvalue weighted by molar-refractivity contribution is -0.388. The van der Waals surface area contributed by atoms with E-state index in [0.29, 0.717) is 12.8 Å². The monoisotopic (exact) mass is 290 g/mol. The molecule has 1 aliphatic carbocycles. The fraction of sp³-hybridized carbons (Fsp3) is 0.500. The van der Waals surface area contributed by atoms with Crippen molar-refractivity contribution in [1.82, 2.24) is 0 Å². The third-order valence-electron chi connectivity index (χ3n) is 3.30. The summed E-state index contributed by atoms with van der Waals surface area (Å²) >= 11 is 0. The molecular formula is C12H13F3N2O3. The average Bonchev–Trinajstić information content (AvgIpc) is 2.31. The molecule has 0 heterocycles. The highest BCUT2D eigenvalue weighted by Gasteiger charge is 2.39. The van der Waals surface area contributed by atoms with Crippen molar-refractivity contribution in [3.63, 3.8) is 0 Å². The van der Waals surface area contributed by atoms with Crippen LogP contribution in [0.1, 0.15) is 18.4 Å². The molecule has 0 saturated heterocycles. The highest BCUT2D eigenvalue weighted by molar-refractivity contribution is 5.55. The largest absolute Gasteiger partial charge is 0.423 e. The van der Waals surface area contributed by atoms with Gasteiger partial charge in [-0.2, -0.15) is 13.2 Å². The van der Waals surface area contributed by atoms with Gasteiger partial charge in [0.25, 0.3) is 5.69 Å². The van der Waals surface area contributed by atoms with Gasteiger partial charge in [-0.15, -0.1) is 0 Å². The Labute approximate surface area is 112 Å². The van der Waals surface area contributed by atoms with Gasteiger partial charge in [0.1, 0.15) is 5.56 Å². The zero-order chi connectivity index (χ0) is 14.9. The zero-order valence-corrected chi connectivity index (χ0v) is 10.6. The summed E-state index contributed by atoms with van der Waals surface area (Å²) < 4.78 is 43.4. The summed E-state index contributed by atoms with van der Waals surface area (Å²) in [6.45, 7) is 0. The van der Waals surface area contributed by atoms with Crippen molar-refractivity contribution in [3.05, 3.63) is 33.9 Å². The highest BCUT2D eigenvalue weighted by atomic mass is 19.4. The molecule has 0 atom stereocenters. The van der Waals surface area contributed by atoms with Crippen molar-refractivity contribution in [1.29, 1.82) is 0 Å². The average molecular weight is 290 g/mol. The molecule has 0 unspecified atom stereocenters. The second kappa shape index (κ2) is 5.28. The van der Waals surface area contributed by atoms with E-state index in [0.717, 1.165) is 12.1 Å². The number of benzene rings is 1. The van der Waals surface area contributed by atoms with Gasteiger partial charge in [0.2, 0.25) is 0 Å². The van der Waals surface area contributed by atoms with Gasteiger partial charge in [-0.25, -0.2) is 0 Å². The molecule has 0 spiro atoms. The number of nitrogens with zero attached hydrogens (tertiary/aromatic N) is 1. The molecule has 20 heavy (non-hydrogen) atoms. The van der Waals surface area contributed by atoms with E-state index < -0.39 is 22.4 Å². The number of nitro groups is 1. The van der Waals surface area contributed by atoms with Crippen LogP contribution in [0.25, 0.3) is 0 Å². The molecule has 1 aromatic rings. The third kappa shape index (κ3) is 3.01. The molecule has 110 valence electrons. The van der Waals surface area contributed by atoms with Crippen molar-refractivity contribution in [2.75, 3.05) is 12.4 Å². The summed E-state index contributed by atoms with van der Waals surface area (Å²) in [7, 11) is 1.58. The van der Waals surface area contributed by atoms with Crippen LogP contribution < -0.4 is 5.32 Å². The molecule has 1 N–H and O–H groups in total. The molecule has 1 saturated carbocycles. The molecule has 8 heteroatoms. The van der Waals surface area contributed by atoms with E-state index in [1.54, 1.807) is 7.11 Å². The summed E-state index contributed by atoms with van der Waals surface area (Å²) in [5, 5.41) is 13.5. The number of rotatable bonds is 4. The fourth-order valence-electron chi connectivity index (χ4n) is 2.12. The first-order valence-corrected chi connectivity index (χ1v) is 5.96. The highest BCUT2D eigenvalue weighted by Crippen LogP contribution is 2.38. The summed E-state index contributed by atoms with van der Waals surface area (Å²) in [4.78, 5) is 9.59. The molecule has 0 radical (unpaired) electrons. The molecule has 0 aromatic heterocycles. The predicted octanol–water partition coefficient (Wildman–Crippen LogP) is 3.20. The number of nitro benzene ring substituents is 1. The van der Waals surface area contributed by atoms with Crippen LogP contribution in [0.3, 0.4) is 0 Å². The van der Waals surface area contributed by atoms with Gasteiger partial charge in [0.05, 0.1) is 11.0 Å². The van der Waals surface area contributed by atoms with Gasteiger partial charge < -0.3 is 10.1 Å². The van der Waals surface area contributed by atoms with Crippen LogP contribution >= 0.6 is 0 Å². The van der Waals surface area contributed by atoms with Gasteiger partial charge >= 0.3 is 6.18 Å². The Morgan fingerprint density at radius 1 is 1.40 bits per heavy atom. The number of ether oxygens (including phenoxy) is 1. The molecule has 2 rings (SSSR count). The number of methoxy groups -OCH3 is 1. The number of anilines is 1. The Kier molecular flexibility index (Phi) is 3.85. The minimum Gasteiger partial charge on any atom is -0.382 e. The van der Waals surface area contributed by atoms with Crippen LogP contribution in [0.4, 0.5) is 24.5 Å². The molecule has 1 aromatic carbocycles. The Hall–Kier alpha value is -1.83. The maximum atomic E-state index is 12.8. The van der Waals surface area contributed by atoms with Crippen molar-refractivity contribution >= 4 is 11.4 Å². The van der Waals surface area contributed by atoms with Gasteiger partial charge in [-0.1, -0.05) is 0 Å². The number of halogens is 3.